The Morgan fingerprint density at radius 1 is 0.844 bits per heavy atom. The number of imide groups is 1. The summed E-state index contributed by atoms with van der Waals surface area (Å²) in [6, 6.07) is 19.4. The van der Waals surface area contributed by atoms with Gasteiger partial charge in [-0.1, -0.05) is 36.4 Å². The molecule has 0 bridgehead atoms. The number of halogens is 1. The van der Waals surface area contributed by atoms with Gasteiger partial charge < -0.3 is 4.90 Å². The van der Waals surface area contributed by atoms with Gasteiger partial charge in [0.25, 0.3) is 11.8 Å². The predicted molar refractivity (Wildman–Crippen MR) is 124 cm³/mol. The maximum absolute atomic E-state index is 13.8. The Hall–Kier alpha value is -3.73. The molecule has 5 rings (SSSR count). The molecule has 4 nitrogen and oxygen atoms in total. The number of nitrogens with zero attached hydrogens (tertiary/aromatic N) is 2. The lowest BCUT2D eigenvalue weighted by Crippen LogP contribution is -2.37. The summed E-state index contributed by atoms with van der Waals surface area (Å²) in [7, 11) is 0. The molecule has 0 aromatic heterocycles. The van der Waals surface area contributed by atoms with E-state index in [0.29, 0.717) is 29.1 Å². The molecule has 0 unspecified atom stereocenters. The molecule has 2 heterocycles. The maximum atomic E-state index is 13.8. The van der Waals surface area contributed by atoms with Crippen molar-refractivity contribution >= 4 is 28.8 Å². The molecule has 0 aliphatic carbocycles. The zero-order valence-electron chi connectivity index (χ0n) is 18.1. The Balaban J connectivity index is 1.71. The maximum Gasteiger partial charge on any atom is 0.282 e. The standard InChI is InChI=1S/C27H23FN2O2/c1-17-14-18(2)16-22(15-17)30-26(31)24(20-9-11-21(28)12-10-20)25(27(30)32)29-13-5-7-19-6-3-4-8-23(19)29/h3-4,6,8-12,14-16H,5,7,13H2,1-2H3. The van der Waals surface area contributed by atoms with E-state index in [1.807, 2.05) is 55.1 Å². The van der Waals surface area contributed by atoms with Crippen molar-refractivity contribution in [2.45, 2.75) is 26.7 Å². The largest absolute Gasteiger partial charge is 0.336 e. The summed E-state index contributed by atoms with van der Waals surface area (Å²) < 4.78 is 13.6. The van der Waals surface area contributed by atoms with E-state index in [-0.39, 0.29) is 17.6 Å². The number of aryl methyl sites for hydroxylation is 3. The molecular weight excluding hydrogens is 403 g/mol. The number of benzene rings is 3. The van der Waals surface area contributed by atoms with Crippen molar-refractivity contribution in [1.29, 1.82) is 0 Å². The molecule has 0 radical (unpaired) electrons. The molecular formula is C27H23FN2O2. The van der Waals surface area contributed by atoms with E-state index in [4.69, 9.17) is 0 Å². The van der Waals surface area contributed by atoms with Crippen molar-refractivity contribution < 1.29 is 14.0 Å². The van der Waals surface area contributed by atoms with Gasteiger partial charge in [-0.05, 0) is 79.3 Å². The average Bonchev–Trinajstić information content (AvgIpc) is 3.03. The van der Waals surface area contributed by atoms with Crippen molar-refractivity contribution in [3.63, 3.8) is 0 Å². The van der Waals surface area contributed by atoms with Crippen molar-refractivity contribution in [1.82, 2.24) is 0 Å². The van der Waals surface area contributed by atoms with E-state index < -0.39 is 0 Å². The van der Waals surface area contributed by atoms with Crippen LogP contribution < -0.4 is 9.80 Å². The van der Waals surface area contributed by atoms with Gasteiger partial charge in [-0.25, -0.2) is 9.29 Å². The molecule has 2 aliphatic heterocycles. The number of hydrogen-bond donors (Lipinski definition) is 0. The third kappa shape index (κ3) is 3.30. The van der Waals surface area contributed by atoms with Gasteiger partial charge in [-0.15, -0.1) is 0 Å². The van der Waals surface area contributed by atoms with Gasteiger partial charge >= 0.3 is 0 Å². The number of para-hydroxylation sites is 1. The number of amides is 2. The fourth-order valence-electron chi connectivity index (χ4n) is 4.73. The summed E-state index contributed by atoms with van der Waals surface area (Å²) in [4.78, 5) is 30.8. The Kier molecular flexibility index (Phi) is 4.89. The molecule has 0 atom stereocenters. The van der Waals surface area contributed by atoms with Crippen molar-refractivity contribution in [2.24, 2.45) is 0 Å². The smallest absolute Gasteiger partial charge is 0.282 e. The fourth-order valence-corrected chi connectivity index (χ4v) is 4.73. The van der Waals surface area contributed by atoms with Crippen LogP contribution in [0.15, 0.2) is 72.4 Å². The lowest BCUT2D eigenvalue weighted by atomic mass is 9.98. The van der Waals surface area contributed by atoms with Crippen LogP contribution in [0.3, 0.4) is 0 Å². The van der Waals surface area contributed by atoms with Crippen LogP contribution in [-0.4, -0.2) is 18.4 Å². The first-order valence-corrected chi connectivity index (χ1v) is 10.8. The van der Waals surface area contributed by atoms with Crippen LogP contribution in [0.1, 0.15) is 28.7 Å². The highest BCUT2D eigenvalue weighted by Crippen LogP contribution is 2.39. The van der Waals surface area contributed by atoms with Crippen molar-refractivity contribution in [3.05, 3.63) is 100 Å². The molecule has 3 aromatic carbocycles. The first-order chi connectivity index (χ1) is 15.4. The summed E-state index contributed by atoms with van der Waals surface area (Å²) in [5.41, 5.74) is 5.79. The summed E-state index contributed by atoms with van der Waals surface area (Å²) >= 11 is 0. The van der Waals surface area contributed by atoms with Gasteiger partial charge in [0.1, 0.15) is 11.5 Å². The molecule has 0 fully saturated rings. The molecule has 0 spiro atoms. The quantitative estimate of drug-likeness (QED) is 0.542. The highest BCUT2D eigenvalue weighted by molar-refractivity contribution is 6.46. The van der Waals surface area contributed by atoms with Crippen LogP contribution >= 0.6 is 0 Å². The summed E-state index contributed by atoms with van der Waals surface area (Å²) in [6.07, 6.45) is 1.80. The molecule has 0 saturated carbocycles. The number of hydrogen-bond acceptors (Lipinski definition) is 3. The normalized spacial score (nSPS) is 16.1. The van der Waals surface area contributed by atoms with Crippen LogP contribution in [0.2, 0.25) is 0 Å². The second-order valence-corrected chi connectivity index (χ2v) is 8.41. The summed E-state index contributed by atoms with van der Waals surface area (Å²) in [6.45, 7) is 4.52. The third-order valence-corrected chi connectivity index (χ3v) is 6.04. The van der Waals surface area contributed by atoms with Gasteiger partial charge in [0, 0.05) is 12.2 Å². The van der Waals surface area contributed by atoms with Crippen LogP contribution in [-0.2, 0) is 16.0 Å². The van der Waals surface area contributed by atoms with E-state index in [9.17, 15) is 14.0 Å². The Labute approximate surface area is 186 Å². The second kappa shape index (κ2) is 7.75. The van der Waals surface area contributed by atoms with Crippen molar-refractivity contribution in [2.75, 3.05) is 16.3 Å². The predicted octanol–water partition coefficient (Wildman–Crippen LogP) is 5.18. The minimum absolute atomic E-state index is 0.311. The van der Waals surface area contributed by atoms with Crippen LogP contribution in [0.5, 0.6) is 0 Å². The number of carbonyl (C=O) groups is 2. The van der Waals surface area contributed by atoms with Gasteiger partial charge in [0.15, 0.2) is 0 Å². The van der Waals surface area contributed by atoms with E-state index in [1.165, 1.54) is 17.0 Å². The Bertz CT molecular complexity index is 1260. The molecule has 160 valence electrons. The topological polar surface area (TPSA) is 40.6 Å². The molecule has 5 heteroatoms. The Morgan fingerprint density at radius 3 is 2.25 bits per heavy atom. The van der Waals surface area contributed by atoms with E-state index in [0.717, 1.165) is 35.2 Å². The van der Waals surface area contributed by atoms with Crippen molar-refractivity contribution in [3.8, 4) is 0 Å². The molecule has 3 aromatic rings. The minimum atomic E-state index is -0.387. The monoisotopic (exact) mass is 426 g/mol. The first kappa shape index (κ1) is 20.2. The lowest BCUT2D eigenvalue weighted by molar-refractivity contribution is -0.120. The zero-order chi connectivity index (χ0) is 22.4. The number of anilines is 2. The van der Waals surface area contributed by atoms with E-state index in [2.05, 4.69) is 6.07 Å². The van der Waals surface area contributed by atoms with Gasteiger partial charge in [-0.3, -0.25) is 9.59 Å². The SMILES string of the molecule is Cc1cc(C)cc(N2C(=O)C(c3ccc(F)cc3)=C(N3CCCc4ccccc43)C2=O)c1. The lowest BCUT2D eigenvalue weighted by Gasteiger charge is -2.32. The van der Waals surface area contributed by atoms with Gasteiger partial charge in [-0.2, -0.15) is 0 Å². The molecule has 0 saturated heterocycles. The molecule has 2 aliphatic rings. The van der Waals surface area contributed by atoms with Crippen LogP contribution in [0, 0.1) is 19.7 Å². The van der Waals surface area contributed by atoms with Crippen LogP contribution in [0.4, 0.5) is 15.8 Å². The Morgan fingerprint density at radius 2 is 1.53 bits per heavy atom. The van der Waals surface area contributed by atoms with Crippen LogP contribution in [0.25, 0.3) is 5.57 Å². The molecule has 2 amide bonds. The highest BCUT2D eigenvalue weighted by Gasteiger charge is 2.43. The number of rotatable bonds is 3. The zero-order valence-corrected chi connectivity index (χ0v) is 18.1. The molecule has 0 N–H and O–H groups in total. The number of carbonyl (C=O) groups excluding carboxylic acids is 2. The molecule has 32 heavy (non-hydrogen) atoms. The van der Waals surface area contributed by atoms with Gasteiger partial charge in [0.2, 0.25) is 0 Å². The minimum Gasteiger partial charge on any atom is -0.336 e. The number of fused-ring (bicyclic) bond motifs is 1. The van der Waals surface area contributed by atoms with E-state index in [1.54, 1.807) is 12.1 Å². The van der Waals surface area contributed by atoms with E-state index >= 15 is 0 Å². The summed E-state index contributed by atoms with van der Waals surface area (Å²) in [5.74, 6) is -1.12. The summed E-state index contributed by atoms with van der Waals surface area (Å²) in [5, 5.41) is 0. The second-order valence-electron chi connectivity index (χ2n) is 8.41. The van der Waals surface area contributed by atoms with Gasteiger partial charge in [0.05, 0.1) is 11.3 Å². The third-order valence-electron chi connectivity index (χ3n) is 6.04. The fraction of sp³-hybridized carbons (Fsp3) is 0.185. The first-order valence-electron chi connectivity index (χ1n) is 10.8. The average molecular weight is 426 g/mol. The highest BCUT2D eigenvalue weighted by atomic mass is 19.1.